The largest absolute Gasteiger partial charge is 0.480 e. The van der Waals surface area contributed by atoms with Crippen LogP contribution in [0.15, 0.2) is 23.1 Å². The molecule has 1 aromatic rings. The number of aliphatic carboxylic acids is 1. The first-order valence-electron chi connectivity index (χ1n) is 6.59. The second-order valence-corrected chi connectivity index (χ2v) is 5.74. The van der Waals surface area contributed by atoms with Crippen LogP contribution in [0.3, 0.4) is 0 Å². The molecule has 2 N–H and O–H groups in total. The van der Waals surface area contributed by atoms with Crippen LogP contribution < -0.4 is 5.32 Å². The minimum Gasteiger partial charge on any atom is -0.480 e. The topological polar surface area (TPSA) is 66.4 Å². The Morgan fingerprint density at radius 1 is 1.40 bits per heavy atom. The van der Waals surface area contributed by atoms with Crippen molar-refractivity contribution in [2.45, 2.75) is 38.1 Å². The Labute approximate surface area is 124 Å². The van der Waals surface area contributed by atoms with Crippen LogP contribution in [0, 0.1) is 12.8 Å². The summed E-state index contributed by atoms with van der Waals surface area (Å²) in [6.45, 7) is 5.58. The number of aryl methyl sites for hydroxylation is 1. The van der Waals surface area contributed by atoms with Gasteiger partial charge in [0.2, 0.25) is 0 Å². The van der Waals surface area contributed by atoms with Crippen LogP contribution in [-0.2, 0) is 4.79 Å². The lowest BCUT2D eigenvalue weighted by molar-refractivity contribution is -0.140. The first-order valence-corrected chi connectivity index (χ1v) is 7.81. The van der Waals surface area contributed by atoms with Crippen molar-refractivity contribution >= 4 is 23.6 Å². The SMILES string of the molecule is CCC(C)C(NC(=O)c1cc(SC)ccc1C)C(=O)O. The predicted molar refractivity (Wildman–Crippen MR) is 81.3 cm³/mol. The van der Waals surface area contributed by atoms with Gasteiger partial charge in [-0.15, -0.1) is 11.8 Å². The summed E-state index contributed by atoms with van der Waals surface area (Å²) in [5.74, 6) is -1.43. The number of carbonyl (C=O) groups excluding carboxylic acids is 1. The van der Waals surface area contributed by atoms with Gasteiger partial charge < -0.3 is 10.4 Å². The van der Waals surface area contributed by atoms with Gasteiger partial charge in [-0.05, 0) is 36.8 Å². The summed E-state index contributed by atoms with van der Waals surface area (Å²) in [7, 11) is 0. The summed E-state index contributed by atoms with van der Waals surface area (Å²) < 4.78 is 0. The van der Waals surface area contributed by atoms with E-state index in [9.17, 15) is 14.7 Å². The van der Waals surface area contributed by atoms with Gasteiger partial charge in [0.05, 0.1) is 0 Å². The fourth-order valence-electron chi connectivity index (χ4n) is 1.87. The van der Waals surface area contributed by atoms with E-state index in [0.717, 1.165) is 10.5 Å². The summed E-state index contributed by atoms with van der Waals surface area (Å²) in [4.78, 5) is 24.5. The van der Waals surface area contributed by atoms with Crippen LogP contribution in [0.4, 0.5) is 0 Å². The molecule has 0 spiro atoms. The van der Waals surface area contributed by atoms with Gasteiger partial charge in [-0.1, -0.05) is 26.3 Å². The summed E-state index contributed by atoms with van der Waals surface area (Å²) in [5.41, 5.74) is 1.37. The van der Waals surface area contributed by atoms with Gasteiger partial charge in [0.1, 0.15) is 6.04 Å². The van der Waals surface area contributed by atoms with E-state index < -0.39 is 12.0 Å². The second-order valence-electron chi connectivity index (χ2n) is 4.86. The number of carbonyl (C=O) groups is 2. The highest BCUT2D eigenvalue weighted by Gasteiger charge is 2.26. The molecular formula is C15H21NO3S. The van der Waals surface area contributed by atoms with Crippen LogP contribution in [0.5, 0.6) is 0 Å². The van der Waals surface area contributed by atoms with E-state index in [0.29, 0.717) is 12.0 Å². The van der Waals surface area contributed by atoms with Crippen molar-refractivity contribution in [1.82, 2.24) is 5.32 Å². The molecule has 0 radical (unpaired) electrons. The van der Waals surface area contributed by atoms with Crippen LogP contribution in [0.1, 0.15) is 36.2 Å². The van der Waals surface area contributed by atoms with Crippen LogP contribution in [-0.4, -0.2) is 29.3 Å². The Balaban J connectivity index is 2.97. The van der Waals surface area contributed by atoms with Crippen molar-refractivity contribution in [3.63, 3.8) is 0 Å². The molecule has 2 unspecified atom stereocenters. The highest BCUT2D eigenvalue weighted by atomic mass is 32.2. The molecule has 0 saturated carbocycles. The van der Waals surface area contributed by atoms with Gasteiger partial charge in [0, 0.05) is 10.5 Å². The number of hydrogen-bond acceptors (Lipinski definition) is 3. The lowest BCUT2D eigenvalue weighted by atomic mass is 9.98. The first-order chi connectivity index (χ1) is 9.40. The molecule has 2 atom stereocenters. The Morgan fingerprint density at radius 3 is 2.55 bits per heavy atom. The van der Waals surface area contributed by atoms with E-state index in [1.165, 1.54) is 0 Å². The number of nitrogens with one attached hydrogen (secondary N) is 1. The summed E-state index contributed by atoms with van der Waals surface area (Å²) >= 11 is 1.55. The molecule has 0 heterocycles. The van der Waals surface area contributed by atoms with Crippen molar-refractivity contribution in [2.75, 3.05) is 6.26 Å². The van der Waals surface area contributed by atoms with Crippen molar-refractivity contribution < 1.29 is 14.7 Å². The standard InChI is InChI=1S/C15H21NO3S/c1-5-9(2)13(15(18)19)16-14(17)12-8-11(20-4)7-6-10(12)3/h6-9,13H,5H2,1-4H3,(H,16,17)(H,18,19). The molecule has 0 aliphatic heterocycles. The van der Waals surface area contributed by atoms with Gasteiger partial charge in [0.25, 0.3) is 5.91 Å². The average molecular weight is 295 g/mol. The smallest absolute Gasteiger partial charge is 0.326 e. The molecule has 1 amide bonds. The zero-order chi connectivity index (χ0) is 15.3. The highest BCUT2D eigenvalue weighted by molar-refractivity contribution is 7.98. The van der Waals surface area contributed by atoms with Crippen molar-refractivity contribution in [1.29, 1.82) is 0 Å². The molecule has 0 aliphatic rings. The predicted octanol–water partition coefficient (Wildman–Crippen LogP) is 2.95. The zero-order valence-electron chi connectivity index (χ0n) is 12.3. The number of carboxylic acid groups (broad SMARTS) is 1. The fraction of sp³-hybridized carbons (Fsp3) is 0.467. The molecule has 20 heavy (non-hydrogen) atoms. The molecular weight excluding hydrogens is 274 g/mol. The van der Waals surface area contributed by atoms with Crippen LogP contribution >= 0.6 is 11.8 Å². The van der Waals surface area contributed by atoms with E-state index in [1.807, 2.05) is 39.2 Å². The minimum atomic E-state index is -0.994. The maximum Gasteiger partial charge on any atom is 0.326 e. The van der Waals surface area contributed by atoms with Gasteiger partial charge in [-0.2, -0.15) is 0 Å². The van der Waals surface area contributed by atoms with Gasteiger partial charge >= 0.3 is 5.97 Å². The Bertz CT molecular complexity index is 502. The molecule has 5 heteroatoms. The maximum absolute atomic E-state index is 12.3. The number of carboxylic acids is 1. The van der Waals surface area contributed by atoms with Gasteiger partial charge in [0.15, 0.2) is 0 Å². The van der Waals surface area contributed by atoms with E-state index in [4.69, 9.17) is 0 Å². The Morgan fingerprint density at radius 2 is 2.05 bits per heavy atom. The second kappa shape index (κ2) is 7.33. The van der Waals surface area contributed by atoms with Crippen LogP contribution in [0.2, 0.25) is 0 Å². The van der Waals surface area contributed by atoms with Crippen LogP contribution in [0.25, 0.3) is 0 Å². The number of benzene rings is 1. The molecule has 4 nitrogen and oxygen atoms in total. The molecule has 0 aromatic heterocycles. The third-order valence-electron chi connectivity index (χ3n) is 3.45. The van der Waals surface area contributed by atoms with Crippen molar-refractivity contribution in [3.05, 3.63) is 29.3 Å². The molecule has 0 aliphatic carbocycles. The minimum absolute atomic E-state index is 0.111. The van der Waals surface area contributed by atoms with Gasteiger partial charge in [-0.3, -0.25) is 4.79 Å². The lowest BCUT2D eigenvalue weighted by Gasteiger charge is -2.20. The van der Waals surface area contributed by atoms with Gasteiger partial charge in [-0.25, -0.2) is 4.79 Å². The van der Waals surface area contributed by atoms with E-state index in [-0.39, 0.29) is 11.8 Å². The normalized spacial score (nSPS) is 13.6. The number of rotatable bonds is 6. The third-order valence-corrected chi connectivity index (χ3v) is 4.18. The van der Waals surface area contributed by atoms with E-state index in [1.54, 1.807) is 17.8 Å². The Hall–Kier alpha value is -1.49. The maximum atomic E-state index is 12.3. The van der Waals surface area contributed by atoms with Crippen molar-refractivity contribution in [2.24, 2.45) is 5.92 Å². The average Bonchev–Trinajstić information content (AvgIpc) is 2.43. The van der Waals surface area contributed by atoms with E-state index in [2.05, 4.69) is 5.32 Å². The summed E-state index contributed by atoms with van der Waals surface area (Å²) in [6.07, 6.45) is 2.63. The molecule has 110 valence electrons. The van der Waals surface area contributed by atoms with Crippen molar-refractivity contribution in [3.8, 4) is 0 Å². The lowest BCUT2D eigenvalue weighted by Crippen LogP contribution is -2.45. The fourth-order valence-corrected chi connectivity index (χ4v) is 2.31. The molecule has 1 rings (SSSR count). The summed E-state index contributed by atoms with van der Waals surface area (Å²) in [5, 5.41) is 11.8. The zero-order valence-corrected chi connectivity index (χ0v) is 13.1. The quantitative estimate of drug-likeness (QED) is 0.792. The first kappa shape index (κ1) is 16.6. The number of amides is 1. The third kappa shape index (κ3) is 4.00. The Kier molecular flexibility index (Phi) is 6.07. The number of thioether (sulfide) groups is 1. The molecule has 1 aromatic carbocycles. The molecule has 0 saturated heterocycles. The monoisotopic (exact) mass is 295 g/mol. The van der Waals surface area contributed by atoms with E-state index >= 15 is 0 Å². The highest BCUT2D eigenvalue weighted by Crippen LogP contribution is 2.19. The molecule has 0 bridgehead atoms. The molecule has 0 fully saturated rings. The summed E-state index contributed by atoms with van der Waals surface area (Å²) in [6, 6.07) is 4.76. The number of hydrogen-bond donors (Lipinski definition) is 2.